The first-order chi connectivity index (χ1) is 23.6. The van der Waals surface area contributed by atoms with Gasteiger partial charge in [-0.25, -0.2) is 0 Å². The highest BCUT2D eigenvalue weighted by atomic mass is 16.5. The van der Waals surface area contributed by atoms with Crippen LogP contribution in [-0.4, -0.2) is 0 Å². The van der Waals surface area contributed by atoms with Gasteiger partial charge in [-0.05, 0) is 82.4 Å². The summed E-state index contributed by atoms with van der Waals surface area (Å²) in [7, 11) is 0. The van der Waals surface area contributed by atoms with Gasteiger partial charge in [-0.3, -0.25) is 0 Å². The summed E-state index contributed by atoms with van der Waals surface area (Å²) in [6, 6.07) is 60.5. The minimum absolute atomic E-state index is 0.191. The van der Waals surface area contributed by atoms with E-state index in [0.717, 1.165) is 51.1 Å². The Balaban J connectivity index is 1.20. The van der Waals surface area contributed by atoms with Crippen LogP contribution in [0.15, 0.2) is 170 Å². The summed E-state index contributed by atoms with van der Waals surface area (Å²) in [5.41, 5.74) is 13.6. The van der Waals surface area contributed by atoms with Crippen molar-refractivity contribution in [2.24, 2.45) is 0 Å². The van der Waals surface area contributed by atoms with Crippen molar-refractivity contribution >= 4 is 34.1 Å². The van der Waals surface area contributed by atoms with Crippen molar-refractivity contribution in [2.45, 2.75) is 19.3 Å². The molecule has 3 heteroatoms. The second-order valence-corrected chi connectivity index (χ2v) is 13.0. The van der Waals surface area contributed by atoms with Crippen LogP contribution in [0.2, 0.25) is 0 Å². The molecular weight excluding hydrogens is 585 g/mol. The molecule has 0 bridgehead atoms. The number of hydrogen-bond acceptors (Lipinski definition) is 3. The Hall–Kier alpha value is -6.06. The van der Waals surface area contributed by atoms with Crippen LogP contribution >= 0.6 is 0 Å². The van der Waals surface area contributed by atoms with Crippen LogP contribution < -0.4 is 14.5 Å². The fourth-order valence-electron chi connectivity index (χ4n) is 7.45. The molecule has 0 spiro atoms. The molecule has 2 heterocycles. The quantitative estimate of drug-likeness (QED) is 0.191. The first kappa shape index (κ1) is 28.2. The molecular formula is C45H34N2O. The number of ether oxygens (including phenoxy) is 1. The Morgan fingerprint density at radius 1 is 0.479 bits per heavy atom. The van der Waals surface area contributed by atoms with Gasteiger partial charge >= 0.3 is 0 Å². The summed E-state index contributed by atoms with van der Waals surface area (Å²) in [5.74, 6) is 1.75. The van der Waals surface area contributed by atoms with Gasteiger partial charge in [-0.15, -0.1) is 0 Å². The van der Waals surface area contributed by atoms with Crippen LogP contribution in [0.25, 0.3) is 22.3 Å². The van der Waals surface area contributed by atoms with E-state index in [-0.39, 0.29) is 5.41 Å². The lowest BCUT2D eigenvalue weighted by atomic mass is 9.72. The van der Waals surface area contributed by atoms with Gasteiger partial charge in [0, 0.05) is 28.0 Å². The molecule has 0 aromatic heterocycles. The number of rotatable bonds is 5. The molecule has 7 aromatic carbocycles. The molecule has 0 saturated heterocycles. The van der Waals surface area contributed by atoms with Gasteiger partial charge < -0.3 is 14.5 Å². The minimum Gasteiger partial charge on any atom is -0.452 e. The molecule has 3 nitrogen and oxygen atoms in total. The summed E-state index contributed by atoms with van der Waals surface area (Å²) in [6.07, 6.45) is 0. The second kappa shape index (κ2) is 11.0. The van der Waals surface area contributed by atoms with Crippen molar-refractivity contribution in [3.8, 4) is 33.8 Å². The highest BCUT2D eigenvalue weighted by molar-refractivity contribution is 5.97. The molecule has 48 heavy (non-hydrogen) atoms. The van der Waals surface area contributed by atoms with E-state index in [4.69, 9.17) is 4.74 Å². The van der Waals surface area contributed by atoms with Crippen molar-refractivity contribution in [3.05, 3.63) is 181 Å². The lowest BCUT2D eigenvalue weighted by molar-refractivity contribution is 0.473. The first-order valence-electron chi connectivity index (χ1n) is 16.5. The Labute approximate surface area is 281 Å². The predicted octanol–water partition coefficient (Wildman–Crippen LogP) is 12.7. The van der Waals surface area contributed by atoms with Gasteiger partial charge in [-0.2, -0.15) is 0 Å². The van der Waals surface area contributed by atoms with Crippen LogP contribution in [0.1, 0.15) is 25.0 Å². The van der Waals surface area contributed by atoms with Crippen molar-refractivity contribution in [1.29, 1.82) is 0 Å². The van der Waals surface area contributed by atoms with Gasteiger partial charge in [0.1, 0.15) is 0 Å². The summed E-state index contributed by atoms with van der Waals surface area (Å²) in [4.78, 5) is 4.73. The molecule has 0 unspecified atom stereocenters. The van der Waals surface area contributed by atoms with Crippen LogP contribution in [-0.2, 0) is 5.41 Å². The highest BCUT2D eigenvalue weighted by Gasteiger charge is 2.42. The SMILES string of the molecule is CC1(C)c2ccccc2N2c3ccccc3Oc3c(-c4cccc(N(c5ccccc5)c5ccc(-c6ccccc6)cc5)c4)ccc1c32. The van der Waals surface area contributed by atoms with E-state index in [1.165, 1.54) is 27.9 Å². The lowest BCUT2D eigenvalue weighted by Gasteiger charge is -2.45. The third kappa shape index (κ3) is 4.43. The molecule has 9 rings (SSSR count). The Morgan fingerprint density at radius 3 is 1.88 bits per heavy atom. The third-order valence-corrected chi connectivity index (χ3v) is 9.83. The molecule has 0 fully saturated rings. The fourth-order valence-corrected chi connectivity index (χ4v) is 7.45. The smallest absolute Gasteiger partial charge is 0.159 e. The van der Waals surface area contributed by atoms with Crippen molar-refractivity contribution in [2.75, 3.05) is 9.80 Å². The van der Waals surface area contributed by atoms with E-state index in [9.17, 15) is 0 Å². The third-order valence-electron chi connectivity index (χ3n) is 9.83. The second-order valence-electron chi connectivity index (χ2n) is 13.0. The topological polar surface area (TPSA) is 15.7 Å². The average Bonchev–Trinajstić information content (AvgIpc) is 3.14. The van der Waals surface area contributed by atoms with Crippen LogP contribution in [0.3, 0.4) is 0 Å². The maximum Gasteiger partial charge on any atom is 0.159 e. The fraction of sp³-hybridized carbons (Fsp3) is 0.0667. The number of hydrogen-bond donors (Lipinski definition) is 0. The van der Waals surface area contributed by atoms with Gasteiger partial charge in [-0.1, -0.05) is 129 Å². The molecule has 0 radical (unpaired) electrons. The number of benzene rings is 7. The molecule has 0 amide bonds. The number of anilines is 6. The van der Waals surface area contributed by atoms with Crippen molar-refractivity contribution in [1.82, 2.24) is 0 Å². The molecule has 0 N–H and O–H groups in total. The maximum atomic E-state index is 6.89. The molecule has 230 valence electrons. The summed E-state index contributed by atoms with van der Waals surface area (Å²) < 4.78 is 6.89. The van der Waals surface area contributed by atoms with Gasteiger partial charge in [0.15, 0.2) is 11.5 Å². The molecule has 0 aliphatic carbocycles. The molecule has 7 aromatic rings. The first-order valence-corrected chi connectivity index (χ1v) is 16.5. The normalized spacial score (nSPS) is 13.5. The highest BCUT2D eigenvalue weighted by Crippen LogP contribution is 2.61. The molecule has 2 aliphatic rings. The Bertz CT molecular complexity index is 2290. The monoisotopic (exact) mass is 618 g/mol. The van der Waals surface area contributed by atoms with E-state index in [1.54, 1.807) is 0 Å². The predicted molar refractivity (Wildman–Crippen MR) is 199 cm³/mol. The standard InChI is InChI=1S/C45H34N2O/c1-45(2)38-20-9-10-21-40(38)47-41-22-11-12-23-42(41)48-44-37(28-29-39(45)43(44)47)33-16-13-19-36(30-33)46(34-17-7-4-8-18-34)35-26-24-32(25-27-35)31-14-5-3-6-15-31/h3-30H,1-2H3. The number of para-hydroxylation sites is 4. The Kier molecular flexibility index (Phi) is 6.48. The summed E-state index contributed by atoms with van der Waals surface area (Å²) in [5, 5.41) is 0. The number of nitrogens with zero attached hydrogens (tertiary/aromatic N) is 2. The number of fused-ring (bicyclic) bond motifs is 4. The lowest BCUT2D eigenvalue weighted by Crippen LogP contribution is -2.32. The zero-order valence-electron chi connectivity index (χ0n) is 27.0. The molecule has 2 aliphatic heterocycles. The van der Waals surface area contributed by atoms with Crippen LogP contribution in [0.4, 0.5) is 34.1 Å². The van der Waals surface area contributed by atoms with E-state index in [2.05, 4.69) is 194 Å². The van der Waals surface area contributed by atoms with Gasteiger partial charge in [0.2, 0.25) is 0 Å². The molecule has 0 atom stereocenters. The van der Waals surface area contributed by atoms with Crippen LogP contribution in [0, 0.1) is 0 Å². The Morgan fingerprint density at radius 2 is 1.08 bits per heavy atom. The average molecular weight is 619 g/mol. The van der Waals surface area contributed by atoms with Crippen molar-refractivity contribution in [3.63, 3.8) is 0 Å². The summed E-state index contributed by atoms with van der Waals surface area (Å²) >= 11 is 0. The minimum atomic E-state index is -0.191. The van der Waals surface area contributed by atoms with E-state index in [1.807, 2.05) is 0 Å². The van der Waals surface area contributed by atoms with Gasteiger partial charge in [0.25, 0.3) is 0 Å². The van der Waals surface area contributed by atoms with E-state index >= 15 is 0 Å². The maximum absolute atomic E-state index is 6.89. The van der Waals surface area contributed by atoms with Gasteiger partial charge in [0.05, 0.1) is 17.1 Å². The summed E-state index contributed by atoms with van der Waals surface area (Å²) in [6.45, 7) is 4.64. The van der Waals surface area contributed by atoms with Crippen molar-refractivity contribution < 1.29 is 4.74 Å². The zero-order valence-corrected chi connectivity index (χ0v) is 27.0. The largest absolute Gasteiger partial charge is 0.452 e. The van der Waals surface area contributed by atoms with E-state index < -0.39 is 0 Å². The molecule has 0 saturated carbocycles. The van der Waals surface area contributed by atoms with Crippen LogP contribution in [0.5, 0.6) is 11.5 Å². The van der Waals surface area contributed by atoms with E-state index in [0.29, 0.717) is 0 Å². The zero-order chi connectivity index (χ0) is 32.2.